The molecule has 5 nitrogen and oxygen atoms in total. The molecule has 0 bridgehead atoms. The number of nitrogen functional groups attached to an aromatic ring is 1. The van der Waals surface area contributed by atoms with Gasteiger partial charge in [0.05, 0.1) is 5.75 Å². The third-order valence-electron chi connectivity index (χ3n) is 4.06. The highest BCUT2D eigenvalue weighted by atomic mass is 32.2. The van der Waals surface area contributed by atoms with E-state index >= 15 is 0 Å². The Bertz CT molecular complexity index is 568. The average Bonchev–Trinajstić information content (AvgIpc) is 2.75. The van der Waals surface area contributed by atoms with Crippen molar-refractivity contribution in [3.8, 4) is 0 Å². The van der Waals surface area contributed by atoms with Crippen molar-refractivity contribution in [3.05, 3.63) is 0 Å². The third kappa shape index (κ3) is 2.93. The first-order valence-electron chi connectivity index (χ1n) is 7.09. The predicted molar refractivity (Wildman–Crippen MR) is 84.0 cm³/mol. The summed E-state index contributed by atoms with van der Waals surface area (Å²) in [6.45, 7) is 8.07. The van der Waals surface area contributed by atoms with Gasteiger partial charge in [-0.15, -0.1) is 0 Å². The highest BCUT2D eigenvalue weighted by Crippen LogP contribution is 2.38. The molecule has 2 N–H and O–H groups in total. The molecular formula is C13H23N3O2S2. The Kier molecular flexibility index (Phi) is 4.59. The highest BCUT2D eigenvalue weighted by molar-refractivity contribution is 7.91. The van der Waals surface area contributed by atoms with Crippen LogP contribution in [0.25, 0.3) is 0 Å². The second kappa shape index (κ2) is 5.89. The summed E-state index contributed by atoms with van der Waals surface area (Å²) in [5, 5.41) is 0.731. The minimum Gasteiger partial charge on any atom is -0.382 e. The molecule has 0 radical (unpaired) electrons. The molecule has 1 saturated heterocycles. The van der Waals surface area contributed by atoms with E-state index in [-0.39, 0.29) is 16.5 Å². The fourth-order valence-corrected chi connectivity index (χ4v) is 5.39. The predicted octanol–water partition coefficient (Wildman–Crippen LogP) is 2.39. The van der Waals surface area contributed by atoms with Crippen molar-refractivity contribution < 1.29 is 8.42 Å². The molecule has 0 spiro atoms. The van der Waals surface area contributed by atoms with Crippen LogP contribution in [-0.2, 0) is 9.84 Å². The Labute approximate surface area is 125 Å². The molecule has 0 amide bonds. The maximum absolute atomic E-state index is 12.4. The highest BCUT2D eigenvalue weighted by Gasteiger charge is 2.31. The maximum atomic E-state index is 12.4. The van der Waals surface area contributed by atoms with E-state index in [1.165, 1.54) is 11.5 Å². The summed E-state index contributed by atoms with van der Waals surface area (Å²) in [6, 6.07) is 0. The van der Waals surface area contributed by atoms with E-state index in [4.69, 9.17) is 5.73 Å². The molecule has 1 fully saturated rings. The zero-order valence-electron chi connectivity index (χ0n) is 12.3. The van der Waals surface area contributed by atoms with Gasteiger partial charge in [0.15, 0.2) is 15.7 Å². The van der Waals surface area contributed by atoms with Crippen molar-refractivity contribution >= 4 is 32.2 Å². The molecule has 2 rings (SSSR count). The first kappa shape index (κ1) is 15.6. The molecule has 0 aromatic carbocycles. The first-order valence-corrected chi connectivity index (χ1v) is 9.52. The molecule has 2 unspecified atom stereocenters. The van der Waals surface area contributed by atoms with Crippen LogP contribution in [0.2, 0.25) is 0 Å². The molecule has 1 aliphatic heterocycles. The quantitative estimate of drug-likeness (QED) is 0.922. The number of hydrogen-bond acceptors (Lipinski definition) is 6. The number of sulfone groups is 1. The topological polar surface area (TPSA) is 76.3 Å². The van der Waals surface area contributed by atoms with Gasteiger partial charge in [-0.2, -0.15) is 4.37 Å². The number of anilines is 2. The van der Waals surface area contributed by atoms with Crippen molar-refractivity contribution in [2.75, 3.05) is 29.5 Å². The van der Waals surface area contributed by atoms with Gasteiger partial charge < -0.3 is 10.6 Å². The monoisotopic (exact) mass is 317 g/mol. The molecule has 0 saturated carbocycles. The van der Waals surface area contributed by atoms with Crippen LogP contribution in [-0.4, -0.2) is 31.6 Å². The Hall–Kier alpha value is -0.820. The van der Waals surface area contributed by atoms with Crippen LogP contribution in [0.4, 0.5) is 10.8 Å². The van der Waals surface area contributed by atoms with Crippen molar-refractivity contribution in [3.63, 3.8) is 0 Å². The van der Waals surface area contributed by atoms with Crippen LogP contribution in [0, 0.1) is 11.8 Å². The van der Waals surface area contributed by atoms with Gasteiger partial charge in [0.2, 0.25) is 0 Å². The van der Waals surface area contributed by atoms with E-state index in [2.05, 4.69) is 23.1 Å². The van der Waals surface area contributed by atoms with Gasteiger partial charge >= 0.3 is 0 Å². The Morgan fingerprint density at radius 2 is 2.10 bits per heavy atom. The second-order valence-electron chi connectivity index (χ2n) is 5.71. The van der Waals surface area contributed by atoms with E-state index in [1.807, 2.05) is 6.92 Å². The van der Waals surface area contributed by atoms with Crippen LogP contribution in [0.3, 0.4) is 0 Å². The third-order valence-corrected chi connectivity index (χ3v) is 7.09. The largest absolute Gasteiger partial charge is 0.382 e. The number of rotatable bonds is 4. The van der Waals surface area contributed by atoms with Crippen molar-refractivity contribution in [1.82, 2.24) is 4.37 Å². The number of hydrogen-bond donors (Lipinski definition) is 1. The summed E-state index contributed by atoms with van der Waals surface area (Å²) in [7, 11) is -3.33. The molecular weight excluding hydrogens is 294 g/mol. The summed E-state index contributed by atoms with van der Waals surface area (Å²) >= 11 is 1.21. The fourth-order valence-electron chi connectivity index (χ4n) is 2.60. The summed E-state index contributed by atoms with van der Waals surface area (Å²) in [6.07, 6.45) is 1.66. The van der Waals surface area contributed by atoms with Gasteiger partial charge in [-0.25, -0.2) is 8.42 Å². The lowest BCUT2D eigenvalue weighted by Gasteiger charge is -2.36. The van der Waals surface area contributed by atoms with E-state index < -0.39 is 9.84 Å². The minimum absolute atomic E-state index is 0.127. The van der Waals surface area contributed by atoms with E-state index in [9.17, 15) is 8.42 Å². The molecule has 2 atom stereocenters. The molecule has 1 aromatic heterocycles. The zero-order chi connectivity index (χ0) is 14.9. The van der Waals surface area contributed by atoms with Gasteiger partial charge in [-0.1, -0.05) is 20.8 Å². The van der Waals surface area contributed by atoms with Crippen LogP contribution in [0.5, 0.6) is 0 Å². The average molecular weight is 317 g/mol. The molecule has 20 heavy (non-hydrogen) atoms. The zero-order valence-corrected chi connectivity index (χ0v) is 13.9. The van der Waals surface area contributed by atoms with Crippen LogP contribution in [0.1, 0.15) is 33.6 Å². The summed E-state index contributed by atoms with van der Waals surface area (Å²) < 4.78 is 28.8. The van der Waals surface area contributed by atoms with Gasteiger partial charge in [-0.3, -0.25) is 0 Å². The van der Waals surface area contributed by atoms with Crippen molar-refractivity contribution in [2.45, 2.75) is 38.5 Å². The van der Waals surface area contributed by atoms with Crippen molar-refractivity contribution in [1.29, 1.82) is 0 Å². The maximum Gasteiger partial charge on any atom is 0.185 e. The number of nitrogens with zero attached hydrogens (tertiary/aromatic N) is 2. The van der Waals surface area contributed by atoms with Gasteiger partial charge in [0, 0.05) is 13.1 Å². The Morgan fingerprint density at radius 1 is 1.40 bits per heavy atom. The standard InChI is InChI=1S/C13H23N3O2S2/c1-4-7-20(17,18)11-12(14)15-19-13(11)16-6-5-9(2)10(3)8-16/h9-10H,4-8H2,1-3H3,(H2,14,15). The normalized spacial score (nSPS) is 24.1. The first-order chi connectivity index (χ1) is 9.36. The smallest absolute Gasteiger partial charge is 0.185 e. The SMILES string of the molecule is CCCS(=O)(=O)c1c(N)nsc1N1CCC(C)C(C)C1. The summed E-state index contributed by atoms with van der Waals surface area (Å²) in [5.74, 6) is 1.51. The minimum atomic E-state index is -3.33. The summed E-state index contributed by atoms with van der Waals surface area (Å²) in [4.78, 5) is 2.40. The Balaban J connectivity index is 2.35. The van der Waals surface area contributed by atoms with E-state index in [1.54, 1.807) is 0 Å². The lowest BCUT2D eigenvalue weighted by molar-refractivity contribution is 0.324. The number of aromatic nitrogens is 1. The Morgan fingerprint density at radius 3 is 2.70 bits per heavy atom. The van der Waals surface area contributed by atoms with Gasteiger partial charge in [0.1, 0.15) is 9.90 Å². The second-order valence-corrected chi connectivity index (χ2v) is 8.51. The van der Waals surface area contributed by atoms with E-state index in [0.717, 1.165) is 24.5 Å². The summed E-state index contributed by atoms with van der Waals surface area (Å²) in [5.41, 5.74) is 5.82. The molecule has 7 heteroatoms. The molecule has 114 valence electrons. The van der Waals surface area contributed by atoms with Crippen LogP contribution < -0.4 is 10.6 Å². The van der Waals surface area contributed by atoms with Gasteiger partial charge in [-0.05, 0) is 36.2 Å². The van der Waals surface area contributed by atoms with Gasteiger partial charge in [0.25, 0.3) is 0 Å². The lowest BCUT2D eigenvalue weighted by Crippen LogP contribution is -2.38. The number of nitrogens with two attached hydrogens (primary N) is 1. The van der Waals surface area contributed by atoms with E-state index in [0.29, 0.717) is 18.3 Å². The molecule has 2 heterocycles. The van der Waals surface area contributed by atoms with Crippen LogP contribution >= 0.6 is 11.5 Å². The fraction of sp³-hybridized carbons (Fsp3) is 0.769. The number of piperidine rings is 1. The van der Waals surface area contributed by atoms with Crippen LogP contribution in [0.15, 0.2) is 4.90 Å². The molecule has 1 aromatic rings. The molecule has 0 aliphatic carbocycles. The van der Waals surface area contributed by atoms with Crippen molar-refractivity contribution in [2.24, 2.45) is 11.8 Å². The lowest BCUT2D eigenvalue weighted by atomic mass is 9.89. The molecule has 1 aliphatic rings.